The van der Waals surface area contributed by atoms with E-state index in [0.29, 0.717) is 6.04 Å². The first-order chi connectivity index (χ1) is 8.88. The maximum absolute atomic E-state index is 9.21. The average Bonchev–Trinajstić information content (AvgIpc) is 2.47. The van der Waals surface area contributed by atoms with Crippen LogP contribution in [0.25, 0.3) is 0 Å². The molecule has 3 nitrogen and oxygen atoms in total. The average molecular weight is 246 g/mol. The third-order valence-electron chi connectivity index (χ3n) is 4.49. The molecule has 2 heterocycles. The Kier molecular flexibility index (Phi) is 3.50. The van der Waals surface area contributed by atoms with Crippen molar-refractivity contribution in [1.82, 2.24) is 4.98 Å². The van der Waals surface area contributed by atoms with Crippen LogP contribution >= 0.6 is 0 Å². The van der Waals surface area contributed by atoms with Gasteiger partial charge in [-0.2, -0.15) is 0 Å². The first-order valence-electron chi connectivity index (χ1n) is 7.22. The van der Waals surface area contributed by atoms with Crippen molar-refractivity contribution in [2.24, 2.45) is 5.92 Å². The Labute approximate surface area is 109 Å². The summed E-state index contributed by atoms with van der Waals surface area (Å²) >= 11 is 0. The normalized spacial score (nSPS) is 27.9. The van der Waals surface area contributed by atoms with Crippen LogP contribution in [0.2, 0.25) is 0 Å². The lowest BCUT2D eigenvalue weighted by atomic mass is 9.78. The summed E-state index contributed by atoms with van der Waals surface area (Å²) in [5.74, 6) is 1.94. The Morgan fingerprint density at radius 1 is 1.17 bits per heavy atom. The molecule has 2 atom stereocenters. The van der Waals surface area contributed by atoms with Crippen molar-refractivity contribution in [3.05, 3.63) is 23.9 Å². The molecule has 0 radical (unpaired) electrons. The molecular formula is C15H22N2O. The van der Waals surface area contributed by atoms with Crippen LogP contribution in [0.3, 0.4) is 0 Å². The zero-order chi connectivity index (χ0) is 12.4. The monoisotopic (exact) mass is 246 g/mol. The molecule has 1 saturated carbocycles. The topological polar surface area (TPSA) is 36.4 Å². The number of hydrogen-bond acceptors (Lipinski definition) is 3. The molecule has 1 aliphatic carbocycles. The molecule has 0 unspecified atom stereocenters. The summed E-state index contributed by atoms with van der Waals surface area (Å²) in [6, 6.07) is 6.69. The predicted octanol–water partition coefficient (Wildman–Crippen LogP) is 2.73. The SMILES string of the molecule is OCc1cccc(N2CCC[C@H]3CCCC[C@H]32)n1. The molecule has 1 aromatic rings. The highest BCUT2D eigenvalue weighted by atomic mass is 16.3. The third kappa shape index (κ3) is 2.24. The smallest absolute Gasteiger partial charge is 0.129 e. The van der Waals surface area contributed by atoms with Gasteiger partial charge < -0.3 is 10.0 Å². The van der Waals surface area contributed by atoms with Crippen LogP contribution in [0.1, 0.15) is 44.2 Å². The quantitative estimate of drug-likeness (QED) is 0.871. The van der Waals surface area contributed by atoms with E-state index in [-0.39, 0.29) is 6.61 Å². The lowest BCUT2D eigenvalue weighted by Crippen LogP contribution is -2.47. The van der Waals surface area contributed by atoms with Gasteiger partial charge in [-0.25, -0.2) is 4.98 Å². The van der Waals surface area contributed by atoms with Crippen LogP contribution in [-0.4, -0.2) is 22.7 Å². The van der Waals surface area contributed by atoms with Crippen LogP contribution < -0.4 is 4.90 Å². The maximum atomic E-state index is 9.21. The van der Waals surface area contributed by atoms with Crippen molar-refractivity contribution in [2.75, 3.05) is 11.4 Å². The van der Waals surface area contributed by atoms with E-state index in [1.807, 2.05) is 12.1 Å². The fourth-order valence-corrected chi connectivity index (χ4v) is 3.62. The van der Waals surface area contributed by atoms with Gasteiger partial charge in [0.2, 0.25) is 0 Å². The van der Waals surface area contributed by atoms with Gasteiger partial charge in [0, 0.05) is 12.6 Å². The van der Waals surface area contributed by atoms with E-state index in [1.54, 1.807) is 0 Å². The molecule has 0 spiro atoms. The number of pyridine rings is 1. The van der Waals surface area contributed by atoms with E-state index in [0.717, 1.165) is 24.0 Å². The minimum absolute atomic E-state index is 0.0375. The van der Waals surface area contributed by atoms with Gasteiger partial charge in [0.05, 0.1) is 12.3 Å². The number of aliphatic hydroxyl groups excluding tert-OH is 1. The molecule has 18 heavy (non-hydrogen) atoms. The lowest BCUT2D eigenvalue weighted by Gasteiger charge is -2.44. The Hall–Kier alpha value is -1.09. The van der Waals surface area contributed by atoms with Crippen LogP contribution in [-0.2, 0) is 6.61 Å². The standard InChI is InChI=1S/C15H22N2O/c18-11-13-7-3-9-15(16-13)17-10-4-6-12-5-1-2-8-14(12)17/h3,7,9,12,14,18H,1-2,4-6,8,10-11H2/t12-,14-/m1/s1. The number of aliphatic hydroxyl groups is 1. The molecule has 3 rings (SSSR count). The molecule has 0 amide bonds. The number of anilines is 1. The summed E-state index contributed by atoms with van der Waals surface area (Å²) in [6.45, 7) is 1.17. The summed E-state index contributed by atoms with van der Waals surface area (Å²) in [6.07, 6.45) is 8.14. The minimum atomic E-state index is 0.0375. The van der Waals surface area contributed by atoms with Gasteiger partial charge in [-0.1, -0.05) is 18.9 Å². The van der Waals surface area contributed by atoms with Gasteiger partial charge in [-0.15, -0.1) is 0 Å². The maximum Gasteiger partial charge on any atom is 0.129 e. The van der Waals surface area contributed by atoms with Gasteiger partial charge in [0.15, 0.2) is 0 Å². The molecule has 0 bridgehead atoms. The van der Waals surface area contributed by atoms with E-state index in [1.165, 1.54) is 38.5 Å². The fourth-order valence-electron chi connectivity index (χ4n) is 3.62. The van der Waals surface area contributed by atoms with Crippen molar-refractivity contribution < 1.29 is 5.11 Å². The van der Waals surface area contributed by atoms with Crippen molar-refractivity contribution in [1.29, 1.82) is 0 Å². The number of fused-ring (bicyclic) bond motifs is 1. The van der Waals surface area contributed by atoms with Gasteiger partial charge in [0.1, 0.15) is 5.82 Å². The Bertz CT molecular complexity index is 405. The lowest BCUT2D eigenvalue weighted by molar-refractivity contribution is 0.242. The van der Waals surface area contributed by atoms with Crippen molar-refractivity contribution in [3.8, 4) is 0 Å². The number of rotatable bonds is 2. The Morgan fingerprint density at radius 3 is 2.89 bits per heavy atom. The molecule has 0 aromatic carbocycles. The summed E-state index contributed by atoms with van der Waals surface area (Å²) < 4.78 is 0. The van der Waals surface area contributed by atoms with Crippen LogP contribution in [0.5, 0.6) is 0 Å². The third-order valence-corrected chi connectivity index (χ3v) is 4.49. The minimum Gasteiger partial charge on any atom is -0.390 e. The van der Waals surface area contributed by atoms with Crippen LogP contribution in [0.4, 0.5) is 5.82 Å². The summed E-state index contributed by atoms with van der Waals surface area (Å²) in [4.78, 5) is 7.07. The van der Waals surface area contributed by atoms with Gasteiger partial charge in [-0.05, 0) is 43.7 Å². The Balaban J connectivity index is 1.84. The molecule has 1 N–H and O–H groups in total. The van der Waals surface area contributed by atoms with Gasteiger partial charge >= 0.3 is 0 Å². The number of hydrogen-bond donors (Lipinski definition) is 1. The second-order valence-electron chi connectivity index (χ2n) is 5.59. The summed E-state index contributed by atoms with van der Waals surface area (Å²) in [5, 5.41) is 9.21. The molecular weight excluding hydrogens is 224 g/mol. The number of piperidine rings is 1. The van der Waals surface area contributed by atoms with Gasteiger partial charge in [0.25, 0.3) is 0 Å². The first-order valence-corrected chi connectivity index (χ1v) is 7.22. The van der Waals surface area contributed by atoms with E-state index in [2.05, 4.69) is 16.0 Å². The summed E-state index contributed by atoms with van der Waals surface area (Å²) in [5.41, 5.74) is 0.783. The van der Waals surface area contributed by atoms with Crippen molar-refractivity contribution >= 4 is 5.82 Å². The second kappa shape index (κ2) is 5.27. The first kappa shape index (κ1) is 12.0. The predicted molar refractivity (Wildman–Crippen MR) is 72.5 cm³/mol. The molecule has 3 heteroatoms. The van der Waals surface area contributed by atoms with E-state index < -0.39 is 0 Å². The van der Waals surface area contributed by atoms with E-state index in [9.17, 15) is 5.11 Å². The van der Waals surface area contributed by atoms with E-state index in [4.69, 9.17) is 0 Å². The molecule has 1 aliphatic heterocycles. The molecule has 2 aliphatic rings. The van der Waals surface area contributed by atoms with Crippen LogP contribution in [0, 0.1) is 5.92 Å². The molecule has 1 saturated heterocycles. The highest BCUT2D eigenvalue weighted by Crippen LogP contribution is 2.37. The van der Waals surface area contributed by atoms with Crippen molar-refractivity contribution in [2.45, 2.75) is 51.2 Å². The second-order valence-corrected chi connectivity index (χ2v) is 5.59. The van der Waals surface area contributed by atoms with Crippen molar-refractivity contribution in [3.63, 3.8) is 0 Å². The zero-order valence-corrected chi connectivity index (χ0v) is 10.9. The number of aromatic nitrogens is 1. The Morgan fingerprint density at radius 2 is 2.00 bits per heavy atom. The largest absolute Gasteiger partial charge is 0.390 e. The van der Waals surface area contributed by atoms with Gasteiger partial charge in [-0.3, -0.25) is 0 Å². The molecule has 98 valence electrons. The zero-order valence-electron chi connectivity index (χ0n) is 10.9. The highest BCUT2D eigenvalue weighted by Gasteiger charge is 2.33. The fraction of sp³-hybridized carbons (Fsp3) is 0.667. The van der Waals surface area contributed by atoms with Crippen LogP contribution in [0.15, 0.2) is 18.2 Å². The molecule has 1 aromatic heterocycles. The highest BCUT2D eigenvalue weighted by molar-refractivity contribution is 5.41. The van der Waals surface area contributed by atoms with E-state index >= 15 is 0 Å². The number of nitrogens with zero attached hydrogens (tertiary/aromatic N) is 2. The molecule has 2 fully saturated rings. The summed E-state index contributed by atoms with van der Waals surface area (Å²) in [7, 11) is 0.